The van der Waals surface area contributed by atoms with Crippen LogP contribution in [0.5, 0.6) is 0 Å². The van der Waals surface area contributed by atoms with Crippen LogP contribution in [0.15, 0.2) is 61.1 Å². The summed E-state index contributed by atoms with van der Waals surface area (Å²) in [4.78, 5) is 28.3. The molecule has 0 radical (unpaired) electrons. The molecule has 0 aliphatic carbocycles. The highest BCUT2D eigenvalue weighted by molar-refractivity contribution is 5.83. The third kappa shape index (κ3) is 6.39. The Kier molecular flexibility index (Phi) is 8.17. The number of benzene rings is 2. The number of rotatable bonds is 11. The van der Waals surface area contributed by atoms with Gasteiger partial charge >= 0.3 is 5.97 Å². The molecule has 2 aromatic carbocycles. The van der Waals surface area contributed by atoms with Crippen molar-refractivity contribution >= 4 is 11.8 Å². The predicted molar refractivity (Wildman–Crippen MR) is 130 cm³/mol. The maximum Gasteiger partial charge on any atom is 0.321 e. The predicted octanol–water partition coefficient (Wildman–Crippen LogP) is 4.50. The number of aromatic nitrogens is 2. The Morgan fingerprint density at radius 1 is 1.06 bits per heavy atom. The van der Waals surface area contributed by atoms with Crippen LogP contribution in [0.4, 0.5) is 0 Å². The minimum Gasteiger partial charge on any atom is -0.480 e. The number of carboxylic acids is 1. The third-order valence-corrected chi connectivity index (χ3v) is 5.98. The summed E-state index contributed by atoms with van der Waals surface area (Å²) in [5.74, 6) is -0.733. The first-order valence-electron chi connectivity index (χ1n) is 11.4. The Morgan fingerprint density at radius 3 is 2.42 bits per heavy atom. The van der Waals surface area contributed by atoms with E-state index in [1.807, 2.05) is 42.7 Å². The van der Waals surface area contributed by atoms with Crippen molar-refractivity contribution in [3.63, 3.8) is 0 Å². The van der Waals surface area contributed by atoms with E-state index >= 15 is 0 Å². The largest absolute Gasteiger partial charge is 0.480 e. The molecule has 0 aliphatic rings. The maximum absolute atomic E-state index is 12.1. The van der Waals surface area contributed by atoms with Gasteiger partial charge < -0.3 is 9.67 Å². The molecule has 0 saturated carbocycles. The second-order valence-corrected chi connectivity index (χ2v) is 9.02. The van der Waals surface area contributed by atoms with Crippen molar-refractivity contribution in [2.24, 2.45) is 5.92 Å². The van der Waals surface area contributed by atoms with Crippen LogP contribution < -0.4 is 5.32 Å². The number of carbonyl (C=O) groups is 2. The highest BCUT2D eigenvalue weighted by Gasteiger charge is 2.26. The number of nitrogens with zero attached hydrogens (tertiary/aromatic N) is 2. The SMILES string of the molecule is CC(=O)C(CC(C)C)NC(Cc1cncn1Cc1cccc(-c2ccccc2)c1C)C(=O)O. The smallest absolute Gasteiger partial charge is 0.321 e. The molecular weight excluding hydrogens is 414 g/mol. The zero-order chi connectivity index (χ0) is 24.0. The van der Waals surface area contributed by atoms with Crippen molar-refractivity contribution in [3.8, 4) is 11.1 Å². The van der Waals surface area contributed by atoms with Gasteiger partial charge in [-0.3, -0.25) is 14.9 Å². The highest BCUT2D eigenvalue weighted by atomic mass is 16.4. The van der Waals surface area contributed by atoms with E-state index in [0.29, 0.717) is 13.0 Å². The maximum atomic E-state index is 12.1. The summed E-state index contributed by atoms with van der Waals surface area (Å²) in [6.45, 7) is 8.25. The van der Waals surface area contributed by atoms with Gasteiger partial charge in [-0.25, -0.2) is 4.98 Å². The van der Waals surface area contributed by atoms with Gasteiger partial charge in [0.1, 0.15) is 11.8 Å². The second-order valence-electron chi connectivity index (χ2n) is 9.02. The van der Waals surface area contributed by atoms with Gasteiger partial charge in [0.05, 0.1) is 12.4 Å². The van der Waals surface area contributed by atoms with Crippen LogP contribution in [0.3, 0.4) is 0 Å². The summed E-state index contributed by atoms with van der Waals surface area (Å²) in [7, 11) is 0. The average molecular weight is 448 g/mol. The van der Waals surface area contributed by atoms with E-state index in [1.54, 1.807) is 12.5 Å². The fraction of sp³-hybridized carbons (Fsp3) is 0.370. The fourth-order valence-electron chi connectivity index (χ4n) is 4.12. The lowest BCUT2D eigenvalue weighted by atomic mass is 9.96. The van der Waals surface area contributed by atoms with Crippen LogP contribution in [0.1, 0.15) is 44.0 Å². The van der Waals surface area contributed by atoms with E-state index in [2.05, 4.69) is 41.5 Å². The summed E-state index contributed by atoms with van der Waals surface area (Å²) in [6.07, 6.45) is 4.29. The van der Waals surface area contributed by atoms with E-state index in [-0.39, 0.29) is 18.1 Å². The van der Waals surface area contributed by atoms with Crippen molar-refractivity contribution in [2.75, 3.05) is 0 Å². The summed E-state index contributed by atoms with van der Waals surface area (Å²) >= 11 is 0. The van der Waals surface area contributed by atoms with Crippen molar-refractivity contribution < 1.29 is 14.7 Å². The Morgan fingerprint density at radius 2 is 1.79 bits per heavy atom. The van der Waals surface area contributed by atoms with E-state index in [0.717, 1.165) is 11.3 Å². The molecule has 174 valence electrons. The van der Waals surface area contributed by atoms with Crippen LogP contribution in [0.25, 0.3) is 11.1 Å². The Labute approximate surface area is 195 Å². The topological polar surface area (TPSA) is 84.2 Å². The highest BCUT2D eigenvalue weighted by Crippen LogP contribution is 2.26. The van der Waals surface area contributed by atoms with E-state index in [1.165, 1.54) is 23.6 Å². The molecule has 0 amide bonds. The first kappa shape index (κ1) is 24.4. The summed E-state index contributed by atoms with van der Waals surface area (Å²) < 4.78 is 1.99. The first-order valence-corrected chi connectivity index (χ1v) is 11.4. The van der Waals surface area contributed by atoms with Crippen LogP contribution in [-0.2, 0) is 22.6 Å². The van der Waals surface area contributed by atoms with Crippen LogP contribution in [-0.4, -0.2) is 38.5 Å². The molecule has 1 heterocycles. The third-order valence-electron chi connectivity index (χ3n) is 5.98. The molecule has 2 N–H and O–H groups in total. The molecule has 0 bridgehead atoms. The van der Waals surface area contributed by atoms with Gasteiger partial charge in [-0.15, -0.1) is 0 Å². The number of carbonyl (C=O) groups excluding carboxylic acids is 1. The normalized spacial score (nSPS) is 13.1. The van der Waals surface area contributed by atoms with E-state index in [9.17, 15) is 14.7 Å². The van der Waals surface area contributed by atoms with E-state index in [4.69, 9.17) is 0 Å². The summed E-state index contributed by atoms with van der Waals surface area (Å²) in [6, 6.07) is 15.2. The molecule has 3 aromatic rings. The van der Waals surface area contributed by atoms with Crippen molar-refractivity contribution in [1.82, 2.24) is 14.9 Å². The molecule has 0 spiro atoms. The number of Topliss-reactive ketones (excluding diaryl/α,β-unsaturated/α-hetero) is 1. The zero-order valence-electron chi connectivity index (χ0n) is 19.8. The quantitative estimate of drug-likeness (QED) is 0.452. The van der Waals surface area contributed by atoms with Gasteiger partial charge in [0.2, 0.25) is 0 Å². The molecule has 6 heteroatoms. The molecule has 2 atom stereocenters. The van der Waals surface area contributed by atoms with Gasteiger partial charge in [-0.05, 0) is 48.4 Å². The molecular formula is C27H33N3O3. The lowest BCUT2D eigenvalue weighted by Crippen LogP contribution is -2.48. The van der Waals surface area contributed by atoms with Crippen molar-refractivity contribution in [1.29, 1.82) is 0 Å². The molecule has 0 aliphatic heterocycles. The number of aliphatic carboxylic acids is 1. The Balaban J connectivity index is 1.81. The van der Waals surface area contributed by atoms with Crippen LogP contribution >= 0.6 is 0 Å². The number of hydrogen-bond acceptors (Lipinski definition) is 4. The zero-order valence-corrected chi connectivity index (χ0v) is 19.8. The Bertz CT molecular complexity index is 1090. The van der Waals surface area contributed by atoms with Gasteiger partial charge in [-0.2, -0.15) is 0 Å². The first-order chi connectivity index (χ1) is 15.8. The van der Waals surface area contributed by atoms with Gasteiger partial charge in [0.25, 0.3) is 0 Å². The molecule has 3 rings (SSSR count). The molecule has 1 aromatic heterocycles. The van der Waals surface area contributed by atoms with E-state index < -0.39 is 18.1 Å². The second kappa shape index (κ2) is 11.1. The minimum absolute atomic E-state index is 0.0446. The number of nitrogens with one attached hydrogen (secondary N) is 1. The standard InChI is InChI=1S/C27H33N3O3/c1-18(2)13-25(20(4)31)29-26(27(32)33)14-23-15-28-17-30(23)16-22-11-8-12-24(19(22)3)21-9-6-5-7-10-21/h5-12,15,17-18,25-26,29H,13-14,16H2,1-4H3,(H,32,33). The van der Waals surface area contributed by atoms with Gasteiger partial charge in [0, 0.05) is 24.9 Å². The molecule has 33 heavy (non-hydrogen) atoms. The number of imidazole rings is 1. The fourth-order valence-corrected chi connectivity index (χ4v) is 4.12. The Hall–Kier alpha value is -3.25. The monoisotopic (exact) mass is 447 g/mol. The van der Waals surface area contributed by atoms with Crippen LogP contribution in [0.2, 0.25) is 0 Å². The van der Waals surface area contributed by atoms with Gasteiger partial charge in [-0.1, -0.05) is 62.4 Å². The molecule has 2 unspecified atom stereocenters. The summed E-state index contributed by atoms with van der Waals surface area (Å²) in [5, 5.41) is 12.9. The number of carboxylic acid groups (broad SMARTS) is 1. The summed E-state index contributed by atoms with van der Waals surface area (Å²) in [5.41, 5.74) is 5.49. The average Bonchev–Trinajstić information content (AvgIpc) is 3.20. The number of hydrogen-bond donors (Lipinski definition) is 2. The van der Waals surface area contributed by atoms with Gasteiger partial charge in [0.15, 0.2) is 0 Å². The minimum atomic E-state index is -0.972. The lowest BCUT2D eigenvalue weighted by molar-refractivity contribution is -0.139. The van der Waals surface area contributed by atoms with Crippen LogP contribution in [0, 0.1) is 12.8 Å². The molecule has 6 nitrogen and oxygen atoms in total. The van der Waals surface area contributed by atoms with Crippen molar-refractivity contribution in [2.45, 2.75) is 59.2 Å². The molecule has 0 fully saturated rings. The molecule has 0 saturated heterocycles. The lowest BCUT2D eigenvalue weighted by Gasteiger charge is -2.23. The number of ketones is 1. The van der Waals surface area contributed by atoms with Crippen molar-refractivity contribution in [3.05, 3.63) is 77.9 Å².